The summed E-state index contributed by atoms with van der Waals surface area (Å²) < 4.78 is 1.97. The molecule has 0 unspecified atom stereocenters. The molecule has 162 valence electrons. The second kappa shape index (κ2) is 8.69. The average molecular weight is 451 g/mol. The normalized spacial score (nSPS) is 13.7. The number of para-hydroxylation sites is 1. The van der Waals surface area contributed by atoms with Gasteiger partial charge in [-0.15, -0.1) is 11.3 Å². The molecule has 0 N–H and O–H groups in total. The number of hydrogen-bond acceptors (Lipinski definition) is 6. The Morgan fingerprint density at radius 1 is 0.970 bits per heavy atom. The van der Waals surface area contributed by atoms with Gasteiger partial charge in [-0.3, -0.25) is 9.88 Å². The number of pyridine rings is 1. The van der Waals surface area contributed by atoms with Gasteiger partial charge in [0.15, 0.2) is 5.82 Å². The van der Waals surface area contributed by atoms with Crippen LogP contribution in [0.4, 0.5) is 0 Å². The molecule has 33 heavy (non-hydrogen) atoms. The largest absolute Gasteiger partial charge is 0.294 e. The van der Waals surface area contributed by atoms with Crippen LogP contribution in [0.15, 0.2) is 84.8 Å². The Morgan fingerprint density at radius 3 is 2.67 bits per heavy atom. The molecule has 0 saturated heterocycles. The molecular formula is C26H22N6S. The van der Waals surface area contributed by atoms with Crippen molar-refractivity contribution in [3.05, 3.63) is 102 Å². The van der Waals surface area contributed by atoms with Gasteiger partial charge in [-0.25, -0.2) is 14.6 Å². The zero-order valence-corrected chi connectivity index (χ0v) is 18.8. The van der Waals surface area contributed by atoms with Crippen LogP contribution in [0.3, 0.4) is 0 Å². The van der Waals surface area contributed by atoms with E-state index in [4.69, 9.17) is 10.1 Å². The van der Waals surface area contributed by atoms with E-state index in [1.54, 1.807) is 11.3 Å². The molecule has 0 spiro atoms. The van der Waals surface area contributed by atoms with E-state index < -0.39 is 0 Å². The molecule has 6 rings (SSSR count). The van der Waals surface area contributed by atoms with E-state index in [2.05, 4.69) is 44.6 Å². The fourth-order valence-electron chi connectivity index (χ4n) is 4.27. The Hall–Kier alpha value is -3.68. The van der Waals surface area contributed by atoms with Crippen molar-refractivity contribution in [1.82, 2.24) is 29.6 Å². The Labute approximate surface area is 196 Å². The van der Waals surface area contributed by atoms with Crippen molar-refractivity contribution in [1.29, 1.82) is 0 Å². The molecule has 0 amide bonds. The fourth-order valence-corrected chi connectivity index (χ4v) is 4.93. The molecular weight excluding hydrogens is 428 g/mol. The zero-order valence-electron chi connectivity index (χ0n) is 18.0. The number of rotatable bonds is 5. The van der Waals surface area contributed by atoms with Crippen LogP contribution in [0.5, 0.6) is 0 Å². The minimum atomic E-state index is 0.816. The van der Waals surface area contributed by atoms with Gasteiger partial charge < -0.3 is 0 Å². The van der Waals surface area contributed by atoms with Crippen molar-refractivity contribution in [2.45, 2.75) is 19.5 Å². The molecule has 0 bridgehead atoms. The van der Waals surface area contributed by atoms with E-state index in [0.717, 1.165) is 53.7 Å². The van der Waals surface area contributed by atoms with Gasteiger partial charge in [-0.05, 0) is 35.7 Å². The van der Waals surface area contributed by atoms with Crippen LogP contribution < -0.4 is 0 Å². The molecule has 1 aliphatic rings. The quantitative estimate of drug-likeness (QED) is 0.377. The van der Waals surface area contributed by atoms with Crippen LogP contribution in [0.1, 0.15) is 16.8 Å². The number of aromatic nitrogens is 5. The van der Waals surface area contributed by atoms with Crippen molar-refractivity contribution in [2.75, 3.05) is 6.54 Å². The van der Waals surface area contributed by atoms with Crippen LogP contribution >= 0.6 is 11.3 Å². The van der Waals surface area contributed by atoms with Gasteiger partial charge in [0.1, 0.15) is 0 Å². The van der Waals surface area contributed by atoms with Crippen molar-refractivity contribution in [3.63, 3.8) is 0 Å². The van der Waals surface area contributed by atoms with Gasteiger partial charge in [-0.1, -0.05) is 24.3 Å². The summed E-state index contributed by atoms with van der Waals surface area (Å²) in [7, 11) is 0. The van der Waals surface area contributed by atoms with Crippen LogP contribution in [0.25, 0.3) is 27.6 Å². The van der Waals surface area contributed by atoms with E-state index in [1.165, 1.54) is 16.8 Å². The lowest BCUT2D eigenvalue weighted by atomic mass is 10.0. The first-order valence-corrected chi connectivity index (χ1v) is 11.9. The summed E-state index contributed by atoms with van der Waals surface area (Å²) in [6.07, 6.45) is 8.71. The standard InChI is InChI=1S/C26H22N6S/c1-2-5-22(6-3-1)32-18-21(25(30-32)19-8-11-27-12-9-19)17-31-13-10-23-20(16-31)15-28-26(29-23)24-7-4-14-33-24/h1-9,11-12,14-15,18H,10,13,16-17H2. The molecule has 0 fully saturated rings. The summed E-state index contributed by atoms with van der Waals surface area (Å²) in [5, 5.41) is 7.00. The molecule has 5 heterocycles. The molecule has 5 aromatic rings. The van der Waals surface area contributed by atoms with Gasteiger partial charge in [0, 0.05) is 67.5 Å². The minimum absolute atomic E-state index is 0.816. The topological polar surface area (TPSA) is 59.7 Å². The lowest BCUT2D eigenvalue weighted by Crippen LogP contribution is -2.31. The molecule has 0 radical (unpaired) electrons. The highest BCUT2D eigenvalue weighted by Gasteiger charge is 2.22. The Balaban J connectivity index is 1.28. The summed E-state index contributed by atoms with van der Waals surface area (Å²) >= 11 is 1.68. The average Bonchev–Trinajstić information content (AvgIpc) is 3.56. The highest BCUT2D eigenvalue weighted by Crippen LogP contribution is 2.28. The lowest BCUT2D eigenvalue weighted by molar-refractivity contribution is 0.243. The predicted octanol–water partition coefficient (Wildman–Crippen LogP) is 5.01. The molecule has 1 aromatic carbocycles. The summed E-state index contributed by atoms with van der Waals surface area (Å²) in [5.41, 5.74) is 6.70. The molecule has 0 saturated carbocycles. The Kier molecular flexibility index (Phi) is 5.26. The molecule has 6 nitrogen and oxygen atoms in total. The van der Waals surface area contributed by atoms with Gasteiger partial charge in [0.2, 0.25) is 0 Å². The number of hydrogen-bond donors (Lipinski definition) is 0. The Bertz CT molecular complexity index is 1360. The van der Waals surface area contributed by atoms with Gasteiger partial charge >= 0.3 is 0 Å². The zero-order chi connectivity index (χ0) is 22.0. The molecule has 7 heteroatoms. The number of fused-ring (bicyclic) bond motifs is 1. The van der Waals surface area contributed by atoms with Crippen LogP contribution in [0, 0.1) is 0 Å². The van der Waals surface area contributed by atoms with E-state index in [1.807, 2.05) is 59.7 Å². The molecule has 4 aromatic heterocycles. The third-order valence-corrected chi connectivity index (χ3v) is 6.78. The molecule has 0 atom stereocenters. The van der Waals surface area contributed by atoms with Crippen molar-refractivity contribution in [2.24, 2.45) is 0 Å². The third-order valence-electron chi connectivity index (χ3n) is 5.91. The summed E-state index contributed by atoms with van der Waals surface area (Å²) in [5.74, 6) is 0.835. The second-order valence-electron chi connectivity index (χ2n) is 8.12. The number of thiophene rings is 1. The highest BCUT2D eigenvalue weighted by molar-refractivity contribution is 7.13. The fraction of sp³-hybridized carbons (Fsp3) is 0.154. The first-order chi connectivity index (χ1) is 16.3. The van der Waals surface area contributed by atoms with E-state index in [9.17, 15) is 0 Å². The minimum Gasteiger partial charge on any atom is -0.294 e. The number of nitrogens with zero attached hydrogens (tertiary/aromatic N) is 6. The molecule has 1 aliphatic heterocycles. The van der Waals surface area contributed by atoms with Crippen LogP contribution in [-0.4, -0.2) is 36.2 Å². The van der Waals surface area contributed by atoms with Gasteiger partial charge in [0.25, 0.3) is 0 Å². The third kappa shape index (κ3) is 4.08. The molecule has 0 aliphatic carbocycles. The monoisotopic (exact) mass is 450 g/mol. The van der Waals surface area contributed by atoms with E-state index in [0.29, 0.717) is 0 Å². The SMILES string of the molecule is c1ccc(-n2cc(CN3CCc4nc(-c5cccs5)ncc4C3)c(-c3ccncc3)n2)cc1. The second-order valence-corrected chi connectivity index (χ2v) is 9.07. The number of benzene rings is 1. The van der Waals surface area contributed by atoms with Crippen molar-refractivity contribution >= 4 is 11.3 Å². The van der Waals surface area contributed by atoms with Crippen molar-refractivity contribution < 1.29 is 0 Å². The smallest absolute Gasteiger partial charge is 0.169 e. The van der Waals surface area contributed by atoms with E-state index >= 15 is 0 Å². The van der Waals surface area contributed by atoms with Crippen LogP contribution in [-0.2, 0) is 19.5 Å². The van der Waals surface area contributed by atoms with Gasteiger partial charge in [0.05, 0.1) is 22.0 Å². The predicted molar refractivity (Wildman–Crippen MR) is 130 cm³/mol. The lowest BCUT2D eigenvalue weighted by Gasteiger charge is -2.27. The maximum absolute atomic E-state index is 4.94. The Morgan fingerprint density at radius 2 is 1.85 bits per heavy atom. The summed E-state index contributed by atoms with van der Waals surface area (Å²) in [6.45, 7) is 2.61. The van der Waals surface area contributed by atoms with E-state index in [-0.39, 0.29) is 0 Å². The van der Waals surface area contributed by atoms with Gasteiger partial charge in [-0.2, -0.15) is 5.10 Å². The first-order valence-electron chi connectivity index (χ1n) is 11.0. The summed E-state index contributed by atoms with van der Waals surface area (Å²) in [4.78, 5) is 17.2. The van der Waals surface area contributed by atoms with Crippen LogP contribution in [0.2, 0.25) is 0 Å². The summed E-state index contributed by atoms with van der Waals surface area (Å²) in [6, 6.07) is 18.4. The first kappa shape index (κ1) is 20.0. The maximum Gasteiger partial charge on any atom is 0.169 e. The maximum atomic E-state index is 4.94. The highest BCUT2D eigenvalue weighted by atomic mass is 32.1. The van der Waals surface area contributed by atoms with Crippen molar-refractivity contribution in [3.8, 4) is 27.6 Å².